The van der Waals surface area contributed by atoms with Crippen LogP contribution < -0.4 is 0 Å². The van der Waals surface area contributed by atoms with Gasteiger partial charge in [0.05, 0.1) is 5.02 Å². The summed E-state index contributed by atoms with van der Waals surface area (Å²) in [5, 5.41) is 0.873. The molecule has 0 unspecified atom stereocenters. The van der Waals surface area contributed by atoms with Crippen molar-refractivity contribution >= 4 is 35.1 Å². The van der Waals surface area contributed by atoms with E-state index in [2.05, 4.69) is 13.0 Å². The molecule has 3 heteroatoms. The molecule has 0 nitrogen and oxygen atoms in total. The Morgan fingerprint density at radius 1 is 1.14 bits per heavy atom. The number of hydrogen-bond donors (Lipinski definition) is 0. The molecule has 0 amide bonds. The highest BCUT2D eigenvalue weighted by molar-refractivity contribution is 8.03. The van der Waals surface area contributed by atoms with Crippen LogP contribution in [-0.2, 0) is 0 Å². The summed E-state index contributed by atoms with van der Waals surface area (Å²) in [5.41, 5.74) is 0. The predicted octanol–water partition coefficient (Wildman–Crippen LogP) is 4.58. The van der Waals surface area contributed by atoms with E-state index < -0.39 is 0 Å². The van der Waals surface area contributed by atoms with E-state index in [-0.39, 0.29) is 0 Å². The second-order valence-electron chi connectivity index (χ2n) is 2.89. The third-order valence-corrected chi connectivity index (χ3v) is 4.64. The molecule has 0 aromatic heterocycles. The van der Waals surface area contributed by atoms with E-state index in [1.54, 1.807) is 0 Å². The summed E-state index contributed by atoms with van der Waals surface area (Å²) in [4.78, 5) is 1.20. The van der Waals surface area contributed by atoms with Gasteiger partial charge in [-0.15, -0.1) is 11.8 Å². The van der Waals surface area contributed by atoms with E-state index in [0.717, 1.165) is 10.8 Å². The van der Waals surface area contributed by atoms with Crippen LogP contribution in [0.4, 0.5) is 0 Å². The van der Waals surface area contributed by atoms with E-state index >= 15 is 0 Å². The highest BCUT2D eigenvalue weighted by atomic mass is 35.5. The van der Waals surface area contributed by atoms with E-state index in [1.807, 2.05) is 41.7 Å². The van der Waals surface area contributed by atoms with Crippen molar-refractivity contribution in [2.45, 2.75) is 18.2 Å². The maximum absolute atomic E-state index is 6.04. The molecule has 1 rings (SSSR count). The molecular weight excluding hydrogens is 232 g/mol. The van der Waals surface area contributed by atoms with Crippen molar-refractivity contribution in [3.05, 3.63) is 29.3 Å². The van der Waals surface area contributed by atoms with Crippen molar-refractivity contribution in [1.82, 2.24) is 0 Å². The Hall–Kier alpha value is 0.210. The van der Waals surface area contributed by atoms with Gasteiger partial charge in [-0.1, -0.05) is 30.7 Å². The first kappa shape index (κ1) is 12.3. The molecule has 1 aromatic carbocycles. The standard InChI is InChI=1S/C11H15ClS2/c1-2-7-13-8-9-14-11-6-4-3-5-10(11)12/h3-6H,2,7-9H2,1H3. The molecule has 0 spiro atoms. The zero-order valence-corrected chi connectivity index (χ0v) is 10.7. The van der Waals surface area contributed by atoms with Crippen LogP contribution in [0.1, 0.15) is 13.3 Å². The van der Waals surface area contributed by atoms with Crippen LogP contribution in [0.15, 0.2) is 29.2 Å². The molecule has 0 bridgehead atoms. The molecule has 0 aliphatic carbocycles. The van der Waals surface area contributed by atoms with Gasteiger partial charge in [0, 0.05) is 16.4 Å². The first-order valence-corrected chi connectivity index (χ1v) is 7.31. The summed E-state index contributed by atoms with van der Waals surface area (Å²) >= 11 is 9.90. The monoisotopic (exact) mass is 246 g/mol. The van der Waals surface area contributed by atoms with E-state index in [0.29, 0.717) is 0 Å². The molecular formula is C11H15ClS2. The molecule has 0 aliphatic rings. The third-order valence-electron chi connectivity index (χ3n) is 1.67. The molecule has 0 aliphatic heterocycles. The van der Waals surface area contributed by atoms with E-state index in [9.17, 15) is 0 Å². The fourth-order valence-corrected chi connectivity index (χ4v) is 3.22. The van der Waals surface area contributed by atoms with Crippen molar-refractivity contribution < 1.29 is 0 Å². The van der Waals surface area contributed by atoms with Gasteiger partial charge in [-0.25, -0.2) is 0 Å². The largest absolute Gasteiger partial charge is 0.161 e. The highest BCUT2D eigenvalue weighted by Gasteiger charge is 1.98. The topological polar surface area (TPSA) is 0 Å². The Labute approximate surface area is 99.8 Å². The third kappa shape index (κ3) is 4.63. The second kappa shape index (κ2) is 7.49. The Kier molecular flexibility index (Phi) is 6.57. The first-order chi connectivity index (χ1) is 6.84. The second-order valence-corrected chi connectivity index (χ2v) is 5.66. The molecule has 14 heavy (non-hydrogen) atoms. The average molecular weight is 247 g/mol. The summed E-state index contributed by atoms with van der Waals surface area (Å²) in [6.07, 6.45) is 1.27. The van der Waals surface area contributed by atoms with Gasteiger partial charge in [-0.05, 0) is 24.3 Å². The normalized spacial score (nSPS) is 10.4. The number of benzene rings is 1. The van der Waals surface area contributed by atoms with Gasteiger partial charge in [0.1, 0.15) is 0 Å². The summed E-state index contributed by atoms with van der Waals surface area (Å²) in [6.45, 7) is 2.22. The van der Waals surface area contributed by atoms with Crippen LogP contribution >= 0.6 is 35.1 Å². The minimum Gasteiger partial charge on any atom is -0.161 e. The van der Waals surface area contributed by atoms with Gasteiger partial charge >= 0.3 is 0 Å². The molecule has 1 aromatic rings. The fourth-order valence-electron chi connectivity index (χ4n) is 1.02. The van der Waals surface area contributed by atoms with Crippen molar-refractivity contribution in [2.24, 2.45) is 0 Å². The zero-order valence-electron chi connectivity index (χ0n) is 8.33. The molecule has 0 saturated heterocycles. The Morgan fingerprint density at radius 2 is 1.93 bits per heavy atom. The number of hydrogen-bond acceptors (Lipinski definition) is 2. The van der Waals surface area contributed by atoms with Gasteiger partial charge in [0.2, 0.25) is 0 Å². The maximum atomic E-state index is 6.04. The number of halogens is 1. The van der Waals surface area contributed by atoms with Gasteiger partial charge in [0.15, 0.2) is 0 Å². The number of thioether (sulfide) groups is 2. The summed E-state index contributed by atoms with van der Waals surface area (Å²) in [5.74, 6) is 3.63. The molecule has 0 fully saturated rings. The van der Waals surface area contributed by atoms with Crippen LogP contribution in [-0.4, -0.2) is 17.3 Å². The summed E-state index contributed by atoms with van der Waals surface area (Å²) in [6, 6.07) is 8.03. The number of rotatable bonds is 6. The van der Waals surface area contributed by atoms with E-state index in [4.69, 9.17) is 11.6 Å². The smallest absolute Gasteiger partial charge is 0.0541 e. The van der Waals surface area contributed by atoms with Gasteiger partial charge in [0.25, 0.3) is 0 Å². The highest BCUT2D eigenvalue weighted by Crippen LogP contribution is 2.26. The molecule has 78 valence electrons. The zero-order chi connectivity index (χ0) is 10.2. The Balaban J connectivity index is 2.21. The van der Waals surface area contributed by atoms with Crippen molar-refractivity contribution in [3.63, 3.8) is 0 Å². The molecule has 0 saturated carbocycles. The van der Waals surface area contributed by atoms with Gasteiger partial charge in [-0.3, -0.25) is 0 Å². The predicted molar refractivity (Wildman–Crippen MR) is 69.8 cm³/mol. The minimum absolute atomic E-state index is 0.873. The SMILES string of the molecule is CCCSCCSc1ccccc1Cl. The lowest BCUT2D eigenvalue weighted by atomic mass is 10.4. The van der Waals surface area contributed by atoms with Crippen LogP contribution in [0.25, 0.3) is 0 Å². The van der Waals surface area contributed by atoms with Crippen molar-refractivity contribution in [3.8, 4) is 0 Å². The molecule has 0 radical (unpaired) electrons. The lowest BCUT2D eigenvalue weighted by Crippen LogP contribution is -1.86. The molecule has 0 atom stereocenters. The lowest BCUT2D eigenvalue weighted by Gasteiger charge is -2.03. The van der Waals surface area contributed by atoms with Crippen LogP contribution in [0.2, 0.25) is 5.02 Å². The average Bonchev–Trinajstić information content (AvgIpc) is 2.20. The van der Waals surface area contributed by atoms with Crippen molar-refractivity contribution in [2.75, 3.05) is 17.3 Å². The Bertz CT molecular complexity index is 263. The van der Waals surface area contributed by atoms with Crippen LogP contribution in [0.5, 0.6) is 0 Å². The van der Waals surface area contributed by atoms with Gasteiger partial charge in [-0.2, -0.15) is 11.8 Å². The quantitative estimate of drug-likeness (QED) is 0.533. The van der Waals surface area contributed by atoms with Gasteiger partial charge < -0.3 is 0 Å². The summed E-state index contributed by atoms with van der Waals surface area (Å²) in [7, 11) is 0. The molecule has 0 heterocycles. The summed E-state index contributed by atoms with van der Waals surface area (Å²) < 4.78 is 0. The fraction of sp³-hybridized carbons (Fsp3) is 0.455. The van der Waals surface area contributed by atoms with Crippen LogP contribution in [0.3, 0.4) is 0 Å². The van der Waals surface area contributed by atoms with E-state index in [1.165, 1.54) is 22.8 Å². The van der Waals surface area contributed by atoms with Crippen molar-refractivity contribution in [1.29, 1.82) is 0 Å². The minimum atomic E-state index is 0.873. The Morgan fingerprint density at radius 3 is 2.64 bits per heavy atom. The first-order valence-electron chi connectivity index (χ1n) is 4.79. The molecule has 0 N–H and O–H groups in total. The maximum Gasteiger partial charge on any atom is 0.0541 e. The lowest BCUT2D eigenvalue weighted by molar-refractivity contribution is 1.11. The van der Waals surface area contributed by atoms with Crippen LogP contribution in [0, 0.1) is 0 Å².